The Morgan fingerprint density at radius 3 is 2.76 bits per heavy atom. The third-order valence-electron chi connectivity index (χ3n) is 8.61. The number of aromatic nitrogens is 2. The average molecular weight is 563 g/mol. The van der Waals surface area contributed by atoms with Crippen molar-refractivity contribution in [1.82, 2.24) is 19.8 Å². The number of nitriles is 1. The molecular formula is C28H31FN8O4. The van der Waals surface area contributed by atoms with Crippen molar-refractivity contribution < 1.29 is 23.5 Å². The zero-order chi connectivity index (χ0) is 28.9. The normalized spacial score (nSPS) is 24.1. The highest BCUT2D eigenvalue weighted by molar-refractivity contribution is 6.03. The molecule has 3 aliphatic heterocycles. The number of hydrogen-bond donors (Lipinski definition) is 2. The van der Waals surface area contributed by atoms with Crippen molar-refractivity contribution in [3.05, 3.63) is 40.7 Å². The Balaban J connectivity index is 1.25. The van der Waals surface area contributed by atoms with E-state index < -0.39 is 17.7 Å². The average Bonchev–Trinajstić information content (AvgIpc) is 3.73. The van der Waals surface area contributed by atoms with Crippen LogP contribution in [0.15, 0.2) is 18.3 Å². The Bertz CT molecular complexity index is 1470. The maximum atomic E-state index is 15.8. The van der Waals surface area contributed by atoms with E-state index in [4.69, 9.17) is 4.74 Å². The molecular weight excluding hydrogens is 531 g/mol. The molecule has 2 aromatic rings. The minimum absolute atomic E-state index is 0.0633. The van der Waals surface area contributed by atoms with Gasteiger partial charge in [0.15, 0.2) is 6.29 Å². The number of likely N-dealkylation sites (N-methyl/N-ethyl adjacent to an activating group) is 1. The van der Waals surface area contributed by atoms with Crippen LogP contribution in [0.4, 0.5) is 26.5 Å². The number of carbonyl (C=O) groups excluding carboxylic acids is 3. The Morgan fingerprint density at radius 1 is 1.32 bits per heavy atom. The summed E-state index contributed by atoms with van der Waals surface area (Å²) in [4.78, 5) is 51.7. The molecule has 5 aliphatic rings. The van der Waals surface area contributed by atoms with Crippen molar-refractivity contribution in [2.45, 2.75) is 49.5 Å². The van der Waals surface area contributed by atoms with Crippen LogP contribution in [0.5, 0.6) is 0 Å². The lowest BCUT2D eigenvalue weighted by Crippen LogP contribution is -2.60. The van der Waals surface area contributed by atoms with Crippen LogP contribution in [-0.2, 0) is 21.7 Å². The fraction of sp³-hybridized carbons (Fsp3) is 0.500. The predicted molar refractivity (Wildman–Crippen MR) is 146 cm³/mol. The Morgan fingerprint density at radius 2 is 2.10 bits per heavy atom. The largest absolute Gasteiger partial charge is 0.381 e. The number of hydrogen-bond acceptors (Lipinski definition) is 9. The summed E-state index contributed by atoms with van der Waals surface area (Å²) >= 11 is 0. The van der Waals surface area contributed by atoms with E-state index in [0.717, 1.165) is 12.8 Å². The van der Waals surface area contributed by atoms with Crippen molar-refractivity contribution in [2.75, 3.05) is 55.9 Å². The number of piperazine rings is 1. The summed E-state index contributed by atoms with van der Waals surface area (Å²) in [5, 5.41) is 15.5. The van der Waals surface area contributed by atoms with E-state index in [0.29, 0.717) is 42.7 Å². The first-order valence-electron chi connectivity index (χ1n) is 13.6. The summed E-state index contributed by atoms with van der Waals surface area (Å²) in [7, 11) is 3.52. The van der Waals surface area contributed by atoms with Gasteiger partial charge in [-0.1, -0.05) is 0 Å². The number of alkyl halides is 1. The van der Waals surface area contributed by atoms with Gasteiger partial charge in [-0.15, -0.1) is 0 Å². The number of carbonyl (C=O) groups is 3. The maximum absolute atomic E-state index is 15.8. The molecule has 3 fully saturated rings. The van der Waals surface area contributed by atoms with Crippen molar-refractivity contribution in [2.24, 2.45) is 0 Å². The lowest BCUT2D eigenvalue weighted by atomic mass is 9.68. The third kappa shape index (κ3) is 4.87. The van der Waals surface area contributed by atoms with E-state index in [2.05, 4.69) is 26.7 Å². The second-order valence-electron chi connectivity index (χ2n) is 11.4. The predicted octanol–water partition coefficient (Wildman–Crippen LogP) is 2.40. The van der Waals surface area contributed by atoms with Crippen LogP contribution >= 0.6 is 0 Å². The number of anilines is 3. The number of pyridine rings is 2. The van der Waals surface area contributed by atoms with Gasteiger partial charge in [0, 0.05) is 75.6 Å². The molecule has 7 rings (SSSR count). The maximum Gasteiger partial charge on any atom is 0.328 e. The fourth-order valence-corrected chi connectivity index (χ4v) is 5.80. The number of nitrogens with one attached hydrogen (secondary N) is 2. The Kier molecular flexibility index (Phi) is 6.62. The molecule has 214 valence electrons. The van der Waals surface area contributed by atoms with E-state index in [1.165, 1.54) is 11.1 Å². The van der Waals surface area contributed by atoms with Crippen LogP contribution < -0.4 is 15.5 Å². The SMILES string of the molecule is COC1(CNc2cc(NC(=O)N3c4nc(C=O)c(CN5CCN(C)CC5=O)cc4C4(F)CC3C4)ncc2C#N)CC1. The van der Waals surface area contributed by atoms with E-state index >= 15 is 4.39 Å². The van der Waals surface area contributed by atoms with E-state index in [9.17, 15) is 19.6 Å². The minimum Gasteiger partial charge on any atom is -0.381 e. The molecule has 2 saturated carbocycles. The lowest BCUT2D eigenvalue weighted by Gasteiger charge is -2.52. The number of urea groups is 1. The monoisotopic (exact) mass is 562 g/mol. The molecule has 0 radical (unpaired) electrons. The van der Waals surface area contributed by atoms with Gasteiger partial charge in [0.25, 0.3) is 0 Å². The molecule has 0 atom stereocenters. The highest BCUT2D eigenvalue weighted by atomic mass is 19.1. The quantitative estimate of drug-likeness (QED) is 0.464. The van der Waals surface area contributed by atoms with Crippen molar-refractivity contribution in [3.63, 3.8) is 0 Å². The zero-order valence-electron chi connectivity index (χ0n) is 22.9. The molecule has 12 nitrogen and oxygen atoms in total. The van der Waals surface area contributed by atoms with Gasteiger partial charge in [0.2, 0.25) is 5.91 Å². The first-order chi connectivity index (χ1) is 19.7. The van der Waals surface area contributed by atoms with Crippen LogP contribution in [0.3, 0.4) is 0 Å². The van der Waals surface area contributed by atoms with Crippen LogP contribution in [0.2, 0.25) is 0 Å². The molecule has 2 bridgehead atoms. The smallest absolute Gasteiger partial charge is 0.328 e. The summed E-state index contributed by atoms with van der Waals surface area (Å²) in [6, 6.07) is 4.26. The van der Waals surface area contributed by atoms with Crippen LogP contribution in [0.25, 0.3) is 0 Å². The molecule has 0 spiro atoms. The lowest BCUT2D eigenvalue weighted by molar-refractivity contribution is -0.136. The molecule has 0 aromatic carbocycles. The molecule has 1 saturated heterocycles. The standard InChI is InChI=1S/C28H31FN8O4/c1-35-5-6-36(24(39)14-35)13-17-7-20-25(33-22(17)15-38)37(19-9-28(20,29)10-19)26(40)34-23-8-21(18(11-30)12-31-23)32-16-27(41-2)3-4-27/h7-8,12,15,19H,3-6,9-10,13-14,16H2,1-2H3,(H2,31,32,34,40). The number of halogens is 1. The first-order valence-corrected chi connectivity index (χ1v) is 13.6. The number of nitrogens with zero attached hydrogens (tertiary/aromatic N) is 6. The van der Waals surface area contributed by atoms with Gasteiger partial charge in [0.05, 0.1) is 23.4 Å². The zero-order valence-corrected chi connectivity index (χ0v) is 22.9. The van der Waals surface area contributed by atoms with Gasteiger partial charge >= 0.3 is 6.03 Å². The number of methoxy groups -OCH3 is 1. The second kappa shape index (κ2) is 10.0. The number of aldehydes is 1. The summed E-state index contributed by atoms with van der Waals surface area (Å²) in [5.41, 5.74) is -0.323. The van der Waals surface area contributed by atoms with Crippen molar-refractivity contribution >= 4 is 35.5 Å². The highest BCUT2D eigenvalue weighted by Crippen LogP contribution is 2.56. The van der Waals surface area contributed by atoms with Gasteiger partial charge in [-0.3, -0.25) is 24.7 Å². The summed E-state index contributed by atoms with van der Waals surface area (Å²) < 4.78 is 21.4. The number of amides is 3. The van der Waals surface area contributed by atoms with Gasteiger partial charge in [-0.05, 0) is 26.0 Å². The third-order valence-corrected chi connectivity index (χ3v) is 8.61. The minimum atomic E-state index is -1.66. The van der Waals surface area contributed by atoms with Gasteiger partial charge in [-0.2, -0.15) is 5.26 Å². The number of rotatable bonds is 8. The summed E-state index contributed by atoms with van der Waals surface area (Å²) in [5.74, 6) is 0.217. The first kappa shape index (κ1) is 27.0. The molecule has 2 N–H and O–H groups in total. The van der Waals surface area contributed by atoms with Gasteiger partial charge in [-0.25, -0.2) is 19.2 Å². The van der Waals surface area contributed by atoms with Gasteiger partial charge in [0.1, 0.15) is 29.1 Å². The Hall–Kier alpha value is -4.15. The Labute approximate surface area is 236 Å². The fourth-order valence-electron chi connectivity index (χ4n) is 5.80. The topological polar surface area (TPSA) is 144 Å². The van der Waals surface area contributed by atoms with Crippen LogP contribution in [0.1, 0.15) is 52.9 Å². The van der Waals surface area contributed by atoms with Crippen molar-refractivity contribution in [3.8, 4) is 6.07 Å². The molecule has 2 aromatic heterocycles. The highest BCUT2D eigenvalue weighted by Gasteiger charge is 2.57. The number of ether oxygens (including phenoxy) is 1. The molecule has 41 heavy (non-hydrogen) atoms. The van der Waals surface area contributed by atoms with Crippen LogP contribution in [-0.4, -0.2) is 90.0 Å². The summed E-state index contributed by atoms with van der Waals surface area (Å²) in [6.07, 6.45) is 4.00. The van der Waals surface area contributed by atoms with E-state index in [-0.39, 0.29) is 60.3 Å². The van der Waals surface area contributed by atoms with Gasteiger partial charge < -0.3 is 15.0 Å². The van der Waals surface area contributed by atoms with E-state index in [1.807, 2.05) is 11.9 Å². The summed E-state index contributed by atoms with van der Waals surface area (Å²) in [6.45, 7) is 2.10. The molecule has 3 amide bonds. The second-order valence-corrected chi connectivity index (χ2v) is 11.4. The molecule has 5 heterocycles. The van der Waals surface area contributed by atoms with Crippen molar-refractivity contribution in [1.29, 1.82) is 5.26 Å². The molecule has 13 heteroatoms. The van der Waals surface area contributed by atoms with E-state index in [1.54, 1.807) is 24.1 Å². The molecule has 2 aliphatic carbocycles. The van der Waals surface area contributed by atoms with Crippen LogP contribution in [0, 0.1) is 11.3 Å². The molecule has 0 unspecified atom stereocenters.